The van der Waals surface area contributed by atoms with Crippen LogP contribution in [0.25, 0.3) is 0 Å². The molecule has 0 aromatic carbocycles. The molecule has 1 aromatic heterocycles. The minimum atomic E-state index is 0.338. The van der Waals surface area contributed by atoms with Crippen LogP contribution in [0.15, 0.2) is 18.3 Å². The van der Waals surface area contributed by atoms with Gasteiger partial charge in [-0.2, -0.15) is 0 Å². The minimum absolute atomic E-state index is 0.338. The highest BCUT2D eigenvalue weighted by atomic mass is 15.1. The van der Waals surface area contributed by atoms with E-state index in [1.807, 2.05) is 6.20 Å². The number of hydrogen-bond acceptors (Lipinski definition) is 3. The maximum Gasteiger partial charge on any atom is 0.126 e. The lowest BCUT2D eigenvalue weighted by Crippen LogP contribution is -2.28. The molecule has 3 heteroatoms. The Bertz CT molecular complexity index is 355. The lowest BCUT2D eigenvalue weighted by molar-refractivity contribution is 0.221. The molecule has 0 aliphatic carbocycles. The smallest absolute Gasteiger partial charge is 0.126 e. The first kappa shape index (κ1) is 15.0. The SMILES string of the molecule is CCCNc1cc(CN(C)CC(C)(C)C)ccn1. The van der Waals surface area contributed by atoms with Gasteiger partial charge in [-0.15, -0.1) is 0 Å². The van der Waals surface area contributed by atoms with E-state index in [4.69, 9.17) is 0 Å². The molecule has 0 unspecified atom stereocenters. The maximum atomic E-state index is 4.33. The summed E-state index contributed by atoms with van der Waals surface area (Å²) in [7, 11) is 2.17. The average Bonchev–Trinajstić information content (AvgIpc) is 2.24. The van der Waals surface area contributed by atoms with Crippen LogP contribution in [0.2, 0.25) is 0 Å². The average molecular weight is 249 g/mol. The van der Waals surface area contributed by atoms with Gasteiger partial charge < -0.3 is 10.2 Å². The largest absolute Gasteiger partial charge is 0.370 e. The minimum Gasteiger partial charge on any atom is -0.370 e. The number of aromatic nitrogens is 1. The number of rotatable bonds is 6. The number of anilines is 1. The fraction of sp³-hybridized carbons (Fsp3) is 0.667. The number of nitrogens with one attached hydrogen (secondary N) is 1. The van der Waals surface area contributed by atoms with E-state index >= 15 is 0 Å². The Morgan fingerprint density at radius 2 is 2.06 bits per heavy atom. The van der Waals surface area contributed by atoms with Gasteiger partial charge in [-0.1, -0.05) is 27.7 Å². The highest BCUT2D eigenvalue weighted by Crippen LogP contribution is 2.16. The van der Waals surface area contributed by atoms with Gasteiger partial charge in [0.2, 0.25) is 0 Å². The van der Waals surface area contributed by atoms with Crippen LogP contribution in [0.4, 0.5) is 5.82 Å². The van der Waals surface area contributed by atoms with E-state index in [9.17, 15) is 0 Å². The summed E-state index contributed by atoms with van der Waals surface area (Å²) in [5.41, 5.74) is 1.65. The van der Waals surface area contributed by atoms with Crippen molar-refractivity contribution < 1.29 is 0 Å². The molecule has 102 valence electrons. The monoisotopic (exact) mass is 249 g/mol. The second kappa shape index (κ2) is 6.74. The Balaban J connectivity index is 2.56. The Hall–Kier alpha value is -1.09. The zero-order chi connectivity index (χ0) is 13.6. The van der Waals surface area contributed by atoms with Crippen molar-refractivity contribution in [3.8, 4) is 0 Å². The quantitative estimate of drug-likeness (QED) is 0.837. The van der Waals surface area contributed by atoms with E-state index < -0.39 is 0 Å². The molecule has 1 N–H and O–H groups in total. The molecule has 0 aliphatic heterocycles. The standard InChI is InChI=1S/C15H27N3/c1-6-8-16-14-10-13(7-9-17-14)11-18(5)12-15(2,3)4/h7,9-10H,6,8,11-12H2,1-5H3,(H,16,17). The van der Waals surface area contributed by atoms with E-state index in [0.29, 0.717) is 5.41 Å². The van der Waals surface area contributed by atoms with Crippen LogP contribution >= 0.6 is 0 Å². The summed E-state index contributed by atoms with van der Waals surface area (Å²) >= 11 is 0. The van der Waals surface area contributed by atoms with Crippen LogP contribution in [-0.2, 0) is 6.54 Å². The molecule has 0 spiro atoms. The molecule has 0 amide bonds. The Labute approximate surface area is 112 Å². The summed E-state index contributed by atoms with van der Waals surface area (Å²) < 4.78 is 0. The number of hydrogen-bond donors (Lipinski definition) is 1. The number of pyridine rings is 1. The van der Waals surface area contributed by atoms with Gasteiger partial charge in [-0.3, -0.25) is 0 Å². The van der Waals surface area contributed by atoms with Crippen molar-refractivity contribution in [3.05, 3.63) is 23.9 Å². The molecular weight excluding hydrogens is 222 g/mol. The third kappa shape index (κ3) is 6.01. The fourth-order valence-corrected chi connectivity index (χ4v) is 2.10. The first-order valence-electron chi connectivity index (χ1n) is 6.78. The Morgan fingerprint density at radius 3 is 2.67 bits per heavy atom. The highest BCUT2D eigenvalue weighted by Gasteiger charge is 2.13. The van der Waals surface area contributed by atoms with Gasteiger partial charge in [0.05, 0.1) is 0 Å². The van der Waals surface area contributed by atoms with Crippen LogP contribution < -0.4 is 5.32 Å². The van der Waals surface area contributed by atoms with Gasteiger partial charge in [-0.05, 0) is 36.6 Å². The predicted octanol–water partition coefficient (Wildman–Crippen LogP) is 3.38. The van der Waals surface area contributed by atoms with Crippen LogP contribution in [0.1, 0.15) is 39.7 Å². The molecule has 0 bridgehead atoms. The zero-order valence-corrected chi connectivity index (χ0v) is 12.5. The molecule has 1 aromatic rings. The van der Waals surface area contributed by atoms with Gasteiger partial charge in [0, 0.05) is 25.8 Å². The van der Waals surface area contributed by atoms with E-state index in [-0.39, 0.29) is 0 Å². The van der Waals surface area contributed by atoms with E-state index in [1.165, 1.54) is 5.56 Å². The van der Waals surface area contributed by atoms with Crippen LogP contribution in [0.5, 0.6) is 0 Å². The van der Waals surface area contributed by atoms with Crippen molar-refractivity contribution in [1.29, 1.82) is 0 Å². The van der Waals surface area contributed by atoms with E-state index in [1.54, 1.807) is 0 Å². The second-order valence-corrected chi connectivity index (χ2v) is 6.21. The van der Waals surface area contributed by atoms with Gasteiger partial charge >= 0.3 is 0 Å². The molecule has 1 rings (SSSR count). The molecule has 0 radical (unpaired) electrons. The van der Waals surface area contributed by atoms with Crippen molar-refractivity contribution in [3.63, 3.8) is 0 Å². The van der Waals surface area contributed by atoms with E-state index in [2.05, 4.69) is 62.1 Å². The lowest BCUT2D eigenvalue weighted by atomic mass is 9.96. The summed E-state index contributed by atoms with van der Waals surface area (Å²) in [5.74, 6) is 0.985. The van der Waals surface area contributed by atoms with Crippen LogP contribution in [0, 0.1) is 5.41 Å². The van der Waals surface area contributed by atoms with Crippen molar-refractivity contribution in [1.82, 2.24) is 9.88 Å². The Kier molecular flexibility index (Phi) is 5.60. The molecule has 0 saturated carbocycles. The van der Waals surface area contributed by atoms with Crippen molar-refractivity contribution in [2.45, 2.75) is 40.7 Å². The van der Waals surface area contributed by atoms with E-state index in [0.717, 1.165) is 31.9 Å². The summed E-state index contributed by atoms with van der Waals surface area (Å²) in [6, 6.07) is 4.24. The predicted molar refractivity (Wildman–Crippen MR) is 78.8 cm³/mol. The molecule has 18 heavy (non-hydrogen) atoms. The molecule has 0 aliphatic rings. The molecule has 0 atom stereocenters. The third-order valence-corrected chi connectivity index (χ3v) is 2.58. The molecule has 3 nitrogen and oxygen atoms in total. The maximum absolute atomic E-state index is 4.33. The summed E-state index contributed by atoms with van der Waals surface area (Å²) in [4.78, 5) is 6.69. The normalized spacial score (nSPS) is 11.9. The summed E-state index contributed by atoms with van der Waals surface area (Å²) in [6.07, 6.45) is 3.01. The number of nitrogens with zero attached hydrogens (tertiary/aromatic N) is 2. The molecule has 1 heterocycles. The van der Waals surface area contributed by atoms with Crippen molar-refractivity contribution in [2.24, 2.45) is 5.41 Å². The lowest BCUT2D eigenvalue weighted by Gasteiger charge is -2.26. The second-order valence-electron chi connectivity index (χ2n) is 6.21. The van der Waals surface area contributed by atoms with Gasteiger partial charge in [0.15, 0.2) is 0 Å². The molecule has 0 fully saturated rings. The van der Waals surface area contributed by atoms with Crippen molar-refractivity contribution in [2.75, 3.05) is 25.5 Å². The highest BCUT2D eigenvalue weighted by molar-refractivity contribution is 5.37. The van der Waals surface area contributed by atoms with Gasteiger partial charge in [0.25, 0.3) is 0 Å². The Morgan fingerprint density at radius 1 is 1.33 bits per heavy atom. The first-order valence-corrected chi connectivity index (χ1v) is 6.78. The van der Waals surface area contributed by atoms with Crippen LogP contribution in [0.3, 0.4) is 0 Å². The van der Waals surface area contributed by atoms with Crippen LogP contribution in [-0.4, -0.2) is 30.0 Å². The van der Waals surface area contributed by atoms with Crippen molar-refractivity contribution >= 4 is 5.82 Å². The zero-order valence-electron chi connectivity index (χ0n) is 12.5. The first-order chi connectivity index (χ1) is 8.40. The molecular formula is C15H27N3. The van der Waals surface area contributed by atoms with Gasteiger partial charge in [0.1, 0.15) is 5.82 Å². The summed E-state index contributed by atoms with van der Waals surface area (Å²) in [5, 5.41) is 3.33. The third-order valence-electron chi connectivity index (χ3n) is 2.58. The molecule has 0 saturated heterocycles. The summed E-state index contributed by atoms with van der Waals surface area (Å²) in [6.45, 7) is 12.0. The topological polar surface area (TPSA) is 28.2 Å². The fourth-order valence-electron chi connectivity index (χ4n) is 2.10. The van der Waals surface area contributed by atoms with Gasteiger partial charge in [-0.25, -0.2) is 4.98 Å².